The van der Waals surface area contributed by atoms with Crippen LogP contribution in [-0.4, -0.2) is 61.1 Å². The molecule has 11 heteroatoms. The lowest BCUT2D eigenvalue weighted by atomic mass is 9.98. The Balaban J connectivity index is 1.51. The summed E-state index contributed by atoms with van der Waals surface area (Å²) in [4.78, 5) is 15.1. The largest absolute Gasteiger partial charge is 0.444 e. The summed E-state index contributed by atoms with van der Waals surface area (Å²) >= 11 is 0. The third-order valence-electron chi connectivity index (χ3n) is 5.57. The Bertz CT molecular complexity index is 1190. The molecule has 2 atom stereocenters. The zero-order valence-corrected chi connectivity index (χ0v) is 19.5. The Labute approximate surface area is 200 Å². The van der Waals surface area contributed by atoms with Gasteiger partial charge in [0.2, 0.25) is 5.82 Å². The van der Waals surface area contributed by atoms with Crippen LogP contribution in [0.15, 0.2) is 48.5 Å². The van der Waals surface area contributed by atoms with Gasteiger partial charge in [-0.3, -0.25) is 0 Å². The smallest absolute Gasteiger partial charge is 0.416 e. The highest BCUT2D eigenvalue weighted by Gasteiger charge is 2.39. The number of benzene rings is 2. The summed E-state index contributed by atoms with van der Waals surface area (Å²) in [6.07, 6.45) is -5.43. The second kappa shape index (κ2) is 9.29. The number of amides is 1. The van der Waals surface area contributed by atoms with E-state index in [2.05, 4.69) is 15.4 Å². The molecule has 1 amide bonds. The molecule has 2 aromatic carbocycles. The number of hydrogen-bond acceptors (Lipinski definition) is 6. The van der Waals surface area contributed by atoms with Crippen molar-refractivity contribution in [3.63, 3.8) is 0 Å². The maximum absolute atomic E-state index is 12.9. The summed E-state index contributed by atoms with van der Waals surface area (Å²) in [6.45, 7) is 5.55. The van der Waals surface area contributed by atoms with Gasteiger partial charge in [0.15, 0.2) is 0 Å². The van der Waals surface area contributed by atoms with Gasteiger partial charge in [-0.25, -0.2) is 4.79 Å². The normalized spacial score (nSPS) is 18.7. The molecule has 0 aliphatic carbocycles. The minimum absolute atomic E-state index is 0.0843. The van der Waals surface area contributed by atoms with Gasteiger partial charge in [-0.15, -0.1) is 10.2 Å². The number of halogens is 3. The number of nitrogens with zero attached hydrogens (tertiary/aromatic N) is 5. The first-order valence-corrected chi connectivity index (χ1v) is 11.1. The van der Waals surface area contributed by atoms with E-state index in [4.69, 9.17) is 4.74 Å². The molecule has 2 heterocycles. The van der Waals surface area contributed by atoms with Crippen LogP contribution in [0.25, 0.3) is 11.4 Å². The minimum atomic E-state index is -4.39. The van der Waals surface area contributed by atoms with E-state index >= 15 is 0 Å². The summed E-state index contributed by atoms with van der Waals surface area (Å²) in [5.74, 6) is 0.315. The molecular formula is C24H26F3N5O3. The average Bonchev–Trinajstić information content (AvgIpc) is 3.39. The lowest BCUT2D eigenvalue weighted by Gasteiger charge is -2.24. The Morgan fingerprint density at radius 1 is 1.09 bits per heavy atom. The average molecular weight is 489 g/mol. The van der Waals surface area contributed by atoms with Crippen LogP contribution in [0.1, 0.15) is 43.5 Å². The van der Waals surface area contributed by atoms with Crippen molar-refractivity contribution in [1.29, 1.82) is 0 Å². The molecule has 4 rings (SSSR count). The van der Waals surface area contributed by atoms with Crippen molar-refractivity contribution in [2.24, 2.45) is 0 Å². The zero-order chi connectivity index (χ0) is 25.4. The molecule has 1 N–H and O–H groups in total. The van der Waals surface area contributed by atoms with Crippen molar-refractivity contribution in [1.82, 2.24) is 25.1 Å². The molecule has 0 spiro atoms. The molecule has 0 saturated carbocycles. The van der Waals surface area contributed by atoms with E-state index < -0.39 is 35.6 Å². The van der Waals surface area contributed by atoms with Crippen LogP contribution < -0.4 is 0 Å². The van der Waals surface area contributed by atoms with E-state index in [0.717, 1.165) is 17.7 Å². The molecule has 1 aliphatic rings. The van der Waals surface area contributed by atoms with Gasteiger partial charge in [0.1, 0.15) is 11.6 Å². The molecule has 0 radical (unpaired) electrons. The standard InChI is InChI=1S/C24H26F3N5O3/c1-23(2,3)35-22(34)31-13-19(20(33)14-31)32-29-21(28-30-32)18-7-5-4-6-16(18)12-15-8-10-17(11-9-15)24(25,26)27/h4-11,19-20,33H,12-14H2,1-3H3/t19-,20-/m0/s1. The number of carbonyl (C=O) groups is 1. The summed E-state index contributed by atoms with van der Waals surface area (Å²) in [5.41, 5.74) is 0.839. The summed E-state index contributed by atoms with van der Waals surface area (Å²) in [6, 6.07) is 11.7. The number of hydrogen-bond donors (Lipinski definition) is 1. The van der Waals surface area contributed by atoms with Crippen molar-refractivity contribution in [3.05, 3.63) is 65.2 Å². The van der Waals surface area contributed by atoms with E-state index in [1.165, 1.54) is 21.8 Å². The summed E-state index contributed by atoms with van der Waals surface area (Å²) < 4.78 is 44.0. The molecule has 1 aliphatic heterocycles. The summed E-state index contributed by atoms with van der Waals surface area (Å²) in [5, 5.41) is 23.2. The summed E-state index contributed by atoms with van der Waals surface area (Å²) in [7, 11) is 0. The first-order valence-electron chi connectivity index (χ1n) is 11.1. The Morgan fingerprint density at radius 2 is 1.77 bits per heavy atom. The van der Waals surface area contributed by atoms with Gasteiger partial charge in [0, 0.05) is 5.56 Å². The van der Waals surface area contributed by atoms with E-state index in [1.807, 2.05) is 12.1 Å². The number of β-amino-alcohol motifs (C(OH)–C–C–N with tert-alkyl or cyclic N) is 1. The second-order valence-electron chi connectivity index (χ2n) is 9.48. The van der Waals surface area contributed by atoms with E-state index in [9.17, 15) is 23.1 Å². The molecule has 0 unspecified atom stereocenters. The van der Waals surface area contributed by atoms with Crippen LogP contribution in [-0.2, 0) is 17.3 Å². The van der Waals surface area contributed by atoms with Crippen LogP contribution in [0, 0.1) is 0 Å². The maximum Gasteiger partial charge on any atom is 0.416 e. The Hall–Kier alpha value is -3.47. The van der Waals surface area contributed by atoms with Crippen molar-refractivity contribution >= 4 is 6.09 Å². The number of carbonyl (C=O) groups excluding carboxylic acids is 1. The van der Waals surface area contributed by atoms with Crippen molar-refractivity contribution in [2.75, 3.05) is 13.1 Å². The Kier molecular flexibility index (Phi) is 6.54. The molecule has 1 aromatic heterocycles. The molecule has 35 heavy (non-hydrogen) atoms. The predicted octanol–water partition coefficient (Wildman–Crippen LogP) is 4.10. The highest BCUT2D eigenvalue weighted by molar-refractivity contribution is 5.68. The maximum atomic E-state index is 12.9. The van der Waals surface area contributed by atoms with E-state index in [1.54, 1.807) is 32.9 Å². The van der Waals surface area contributed by atoms with Gasteiger partial charge in [0.05, 0.1) is 24.8 Å². The predicted molar refractivity (Wildman–Crippen MR) is 120 cm³/mol. The highest BCUT2D eigenvalue weighted by atomic mass is 19.4. The first-order chi connectivity index (χ1) is 16.4. The fraction of sp³-hybridized carbons (Fsp3) is 0.417. The minimum Gasteiger partial charge on any atom is -0.444 e. The number of alkyl halides is 3. The topological polar surface area (TPSA) is 93.4 Å². The monoisotopic (exact) mass is 489 g/mol. The highest BCUT2D eigenvalue weighted by Crippen LogP contribution is 2.30. The molecular weight excluding hydrogens is 463 g/mol. The van der Waals surface area contributed by atoms with Crippen molar-refractivity contribution in [2.45, 2.75) is 51.1 Å². The molecule has 186 valence electrons. The molecule has 8 nitrogen and oxygen atoms in total. The first kappa shape index (κ1) is 24.6. The van der Waals surface area contributed by atoms with E-state index in [-0.39, 0.29) is 13.1 Å². The van der Waals surface area contributed by atoms with Gasteiger partial charge in [-0.05, 0) is 55.7 Å². The van der Waals surface area contributed by atoms with Crippen LogP contribution in [0.4, 0.5) is 18.0 Å². The van der Waals surface area contributed by atoms with Crippen LogP contribution in [0.3, 0.4) is 0 Å². The van der Waals surface area contributed by atoms with Gasteiger partial charge in [0.25, 0.3) is 0 Å². The fourth-order valence-corrected chi connectivity index (χ4v) is 3.87. The van der Waals surface area contributed by atoms with Crippen molar-refractivity contribution < 1.29 is 27.8 Å². The quantitative estimate of drug-likeness (QED) is 0.593. The molecule has 3 aromatic rings. The number of aliphatic hydroxyl groups excluding tert-OH is 1. The number of ether oxygens (including phenoxy) is 1. The lowest BCUT2D eigenvalue weighted by molar-refractivity contribution is -0.137. The molecule has 1 fully saturated rings. The van der Waals surface area contributed by atoms with Gasteiger partial charge in [-0.1, -0.05) is 36.4 Å². The zero-order valence-electron chi connectivity index (χ0n) is 19.5. The molecule has 1 saturated heterocycles. The van der Waals surface area contributed by atoms with Crippen LogP contribution in [0.5, 0.6) is 0 Å². The van der Waals surface area contributed by atoms with Gasteiger partial charge >= 0.3 is 12.3 Å². The van der Waals surface area contributed by atoms with Crippen LogP contribution >= 0.6 is 0 Å². The van der Waals surface area contributed by atoms with Crippen molar-refractivity contribution in [3.8, 4) is 11.4 Å². The number of tetrazole rings is 1. The fourth-order valence-electron chi connectivity index (χ4n) is 3.87. The Morgan fingerprint density at radius 3 is 2.43 bits per heavy atom. The third kappa shape index (κ3) is 5.79. The number of rotatable bonds is 4. The third-order valence-corrected chi connectivity index (χ3v) is 5.57. The number of aliphatic hydroxyl groups is 1. The van der Waals surface area contributed by atoms with E-state index in [0.29, 0.717) is 23.4 Å². The number of likely N-dealkylation sites (tertiary alicyclic amines) is 1. The number of aromatic nitrogens is 4. The van der Waals surface area contributed by atoms with Gasteiger partial charge in [-0.2, -0.15) is 18.0 Å². The van der Waals surface area contributed by atoms with Gasteiger partial charge < -0.3 is 14.7 Å². The van der Waals surface area contributed by atoms with Crippen LogP contribution in [0.2, 0.25) is 0 Å². The SMILES string of the molecule is CC(C)(C)OC(=O)N1C[C@H](O)[C@@H](n2nnc(-c3ccccc3Cc3ccc(C(F)(F)F)cc3)n2)C1. The lowest BCUT2D eigenvalue weighted by Crippen LogP contribution is -2.36. The molecule has 0 bridgehead atoms. The second-order valence-corrected chi connectivity index (χ2v) is 9.48.